The second-order valence-electron chi connectivity index (χ2n) is 8.51. The summed E-state index contributed by atoms with van der Waals surface area (Å²) in [4.78, 5) is 36.6. The monoisotopic (exact) mass is 458 g/mol. The largest absolute Gasteiger partial charge is 0.340 e. The quantitative estimate of drug-likeness (QED) is 0.525. The number of piperazine rings is 1. The number of H-pyrrole nitrogens is 1. The summed E-state index contributed by atoms with van der Waals surface area (Å²) in [5.74, 6) is 0.783. The van der Waals surface area contributed by atoms with Crippen LogP contribution in [-0.4, -0.2) is 50.2 Å². The lowest BCUT2D eigenvalue weighted by Crippen LogP contribution is -2.46. The molecule has 4 rings (SSSR count). The number of aromatic amines is 1. The van der Waals surface area contributed by atoms with Gasteiger partial charge in [-0.15, -0.1) is 0 Å². The number of rotatable bonds is 8. The van der Waals surface area contributed by atoms with E-state index in [2.05, 4.69) is 27.8 Å². The van der Waals surface area contributed by atoms with E-state index in [1.54, 1.807) is 7.05 Å². The second kappa shape index (κ2) is 9.92. The number of nitrogens with zero attached hydrogens (tertiary/aromatic N) is 5. The lowest BCUT2D eigenvalue weighted by molar-refractivity contribution is 0.248. The Kier molecular flexibility index (Phi) is 7.01. The molecule has 172 valence electrons. The van der Waals surface area contributed by atoms with Gasteiger partial charge in [0.2, 0.25) is 5.95 Å². The first-order valence-corrected chi connectivity index (χ1v) is 11.8. The molecule has 8 nitrogen and oxygen atoms in total. The maximum atomic E-state index is 12.7. The van der Waals surface area contributed by atoms with Gasteiger partial charge in [-0.3, -0.25) is 19.2 Å². The van der Waals surface area contributed by atoms with Gasteiger partial charge in [0.25, 0.3) is 5.56 Å². The van der Waals surface area contributed by atoms with Gasteiger partial charge in [0.1, 0.15) is 0 Å². The first-order chi connectivity index (χ1) is 15.5. The predicted molar refractivity (Wildman–Crippen MR) is 129 cm³/mol. The van der Waals surface area contributed by atoms with Crippen LogP contribution in [0.5, 0.6) is 0 Å². The molecule has 1 fully saturated rings. The standard InChI is InChI=1S/C23H31ClN6O2/c1-3-4-5-6-10-30-19-20(27(2)23(32)26-21(19)31)25-22(30)29-13-11-28(12-14-29)16-17-8-7-9-18(24)15-17/h7-9,15H,3-6,10-14,16H2,1-2H3,(H,26,31,32). The molecular weight excluding hydrogens is 428 g/mol. The third-order valence-electron chi connectivity index (χ3n) is 6.17. The summed E-state index contributed by atoms with van der Waals surface area (Å²) in [6.07, 6.45) is 4.40. The average Bonchev–Trinajstić information content (AvgIpc) is 3.16. The average molecular weight is 459 g/mol. The second-order valence-corrected chi connectivity index (χ2v) is 8.94. The molecule has 0 atom stereocenters. The molecule has 9 heteroatoms. The zero-order valence-electron chi connectivity index (χ0n) is 18.8. The summed E-state index contributed by atoms with van der Waals surface area (Å²) >= 11 is 6.13. The molecule has 1 aliphatic rings. The van der Waals surface area contributed by atoms with Crippen LogP contribution < -0.4 is 16.1 Å². The number of halogens is 1. The van der Waals surface area contributed by atoms with Crippen LogP contribution in [0.25, 0.3) is 11.2 Å². The van der Waals surface area contributed by atoms with Crippen LogP contribution in [0.1, 0.15) is 38.2 Å². The van der Waals surface area contributed by atoms with E-state index in [-0.39, 0.29) is 5.56 Å². The number of aromatic nitrogens is 4. The highest BCUT2D eigenvalue weighted by Gasteiger charge is 2.24. The summed E-state index contributed by atoms with van der Waals surface area (Å²) in [5, 5.41) is 0.758. The minimum absolute atomic E-state index is 0.364. The van der Waals surface area contributed by atoms with Crippen molar-refractivity contribution < 1.29 is 0 Å². The fourth-order valence-corrected chi connectivity index (χ4v) is 4.59. The van der Waals surface area contributed by atoms with Crippen LogP contribution >= 0.6 is 11.6 Å². The highest BCUT2D eigenvalue weighted by molar-refractivity contribution is 6.30. The van der Waals surface area contributed by atoms with Crippen LogP contribution in [0.2, 0.25) is 5.02 Å². The smallest absolute Gasteiger partial charge is 0.329 e. The first-order valence-electron chi connectivity index (χ1n) is 11.4. The van der Waals surface area contributed by atoms with Crippen molar-refractivity contribution in [1.82, 2.24) is 24.0 Å². The zero-order chi connectivity index (χ0) is 22.7. The minimum Gasteiger partial charge on any atom is -0.340 e. The van der Waals surface area contributed by atoms with Gasteiger partial charge in [0.05, 0.1) is 0 Å². The molecular formula is C23H31ClN6O2. The highest BCUT2D eigenvalue weighted by Crippen LogP contribution is 2.23. The van der Waals surface area contributed by atoms with Gasteiger partial charge in [-0.1, -0.05) is 49.9 Å². The number of fused-ring (bicyclic) bond motifs is 1. The van der Waals surface area contributed by atoms with Crippen molar-refractivity contribution in [3.63, 3.8) is 0 Å². The van der Waals surface area contributed by atoms with Crippen LogP contribution in [0.15, 0.2) is 33.9 Å². The van der Waals surface area contributed by atoms with E-state index in [1.165, 1.54) is 16.6 Å². The Hall–Kier alpha value is -2.58. The Morgan fingerprint density at radius 2 is 1.88 bits per heavy atom. The zero-order valence-corrected chi connectivity index (χ0v) is 19.6. The minimum atomic E-state index is -0.434. The fourth-order valence-electron chi connectivity index (χ4n) is 4.37. The lowest BCUT2D eigenvalue weighted by atomic mass is 10.2. The summed E-state index contributed by atoms with van der Waals surface area (Å²) < 4.78 is 3.44. The summed E-state index contributed by atoms with van der Waals surface area (Å²) in [7, 11) is 1.65. The predicted octanol–water partition coefficient (Wildman–Crippen LogP) is 2.98. The number of anilines is 1. The fraction of sp³-hybridized carbons (Fsp3) is 0.522. The lowest BCUT2D eigenvalue weighted by Gasteiger charge is -2.35. The first kappa shape index (κ1) is 22.6. The molecule has 0 amide bonds. The van der Waals surface area contributed by atoms with Gasteiger partial charge >= 0.3 is 5.69 Å². The molecule has 1 N–H and O–H groups in total. The van der Waals surface area contributed by atoms with E-state index < -0.39 is 5.69 Å². The summed E-state index contributed by atoms with van der Waals surface area (Å²) in [6, 6.07) is 7.98. The van der Waals surface area contributed by atoms with Crippen molar-refractivity contribution in [2.45, 2.75) is 45.7 Å². The third kappa shape index (κ3) is 4.76. The van der Waals surface area contributed by atoms with E-state index in [1.807, 2.05) is 22.8 Å². The highest BCUT2D eigenvalue weighted by atomic mass is 35.5. The van der Waals surface area contributed by atoms with E-state index in [0.717, 1.165) is 69.5 Å². The van der Waals surface area contributed by atoms with E-state index in [4.69, 9.17) is 16.6 Å². The summed E-state index contributed by atoms with van der Waals surface area (Å²) in [5.41, 5.74) is 1.34. The number of imidazole rings is 1. The van der Waals surface area contributed by atoms with Crippen LogP contribution in [-0.2, 0) is 20.1 Å². The van der Waals surface area contributed by atoms with E-state index in [0.29, 0.717) is 11.2 Å². The van der Waals surface area contributed by atoms with Gasteiger partial charge in [0.15, 0.2) is 11.2 Å². The van der Waals surface area contributed by atoms with Crippen LogP contribution in [0.3, 0.4) is 0 Å². The molecule has 32 heavy (non-hydrogen) atoms. The Morgan fingerprint density at radius 3 is 2.59 bits per heavy atom. The number of nitrogens with one attached hydrogen (secondary N) is 1. The van der Waals surface area contributed by atoms with E-state index >= 15 is 0 Å². The Labute approximate surface area is 192 Å². The maximum absolute atomic E-state index is 12.7. The Balaban J connectivity index is 1.56. The molecule has 3 heterocycles. The number of benzene rings is 1. The van der Waals surface area contributed by atoms with Crippen molar-refractivity contribution >= 4 is 28.7 Å². The summed E-state index contributed by atoms with van der Waals surface area (Å²) in [6.45, 7) is 7.16. The van der Waals surface area contributed by atoms with Gasteiger partial charge in [-0.25, -0.2) is 4.79 Å². The van der Waals surface area contributed by atoms with Crippen molar-refractivity contribution in [2.75, 3.05) is 31.1 Å². The van der Waals surface area contributed by atoms with Gasteiger partial charge in [-0.2, -0.15) is 4.98 Å². The van der Waals surface area contributed by atoms with Crippen molar-refractivity contribution in [3.8, 4) is 0 Å². The van der Waals surface area contributed by atoms with Crippen molar-refractivity contribution in [1.29, 1.82) is 0 Å². The van der Waals surface area contributed by atoms with E-state index in [9.17, 15) is 9.59 Å². The van der Waals surface area contributed by atoms with Crippen LogP contribution in [0.4, 0.5) is 5.95 Å². The molecule has 1 saturated heterocycles. The molecule has 0 radical (unpaired) electrons. The molecule has 0 unspecified atom stereocenters. The molecule has 1 aliphatic heterocycles. The number of hydrogen-bond acceptors (Lipinski definition) is 5. The maximum Gasteiger partial charge on any atom is 0.329 e. The SMILES string of the molecule is CCCCCCn1c(N2CCN(Cc3cccc(Cl)c3)CC2)nc2c1c(=O)[nH]c(=O)n2C. The molecule has 0 saturated carbocycles. The Morgan fingerprint density at radius 1 is 1.09 bits per heavy atom. The number of hydrogen-bond donors (Lipinski definition) is 1. The van der Waals surface area contributed by atoms with Crippen molar-refractivity contribution in [3.05, 3.63) is 55.7 Å². The van der Waals surface area contributed by atoms with Crippen molar-refractivity contribution in [2.24, 2.45) is 7.05 Å². The number of unbranched alkanes of at least 4 members (excludes halogenated alkanes) is 3. The number of aryl methyl sites for hydroxylation is 2. The molecule has 1 aromatic carbocycles. The topological polar surface area (TPSA) is 79.2 Å². The molecule has 0 aliphatic carbocycles. The molecule has 0 spiro atoms. The molecule has 2 aromatic heterocycles. The van der Waals surface area contributed by atoms with Gasteiger partial charge in [0, 0.05) is 51.3 Å². The molecule has 0 bridgehead atoms. The third-order valence-corrected chi connectivity index (χ3v) is 6.41. The normalized spacial score (nSPS) is 15.0. The van der Waals surface area contributed by atoms with Crippen LogP contribution in [0, 0.1) is 0 Å². The molecule has 3 aromatic rings. The van der Waals surface area contributed by atoms with Gasteiger partial charge < -0.3 is 9.47 Å². The van der Waals surface area contributed by atoms with Gasteiger partial charge in [-0.05, 0) is 24.1 Å². The Bertz CT molecular complexity index is 1190.